The van der Waals surface area contributed by atoms with Crippen LogP contribution in [0.4, 0.5) is 0 Å². The molecule has 1 aromatic rings. The van der Waals surface area contributed by atoms with Crippen molar-refractivity contribution >= 4 is 18.3 Å². The second-order valence-electron chi connectivity index (χ2n) is 5.81. The SMILES string of the molecule is CCCCC1CCCC1NC(=O)c1ccc(CN)cc1.Cl. The summed E-state index contributed by atoms with van der Waals surface area (Å²) in [6, 6.07) is 7.96. The molecule has 0 aromatic heterocycles. The van der Waals surface area contributed by atoms with Crippen LogP contribution in [0.5, 0.6) is 0 Å². The lowest BCUT2D eigenvalue weighted by Crippen LogP contribution is -2.37. The summed E-state index contributed by atoms with van der Waals surface area (Å²) in [5, 5.41) is 3.22. The monoisotopic (exact) mass is 310 g/mol. The van der Waals surface area contributed by atoms with Crippen molar-refractivity contribution in [2.24, 2.45) is 11.7 Å². The summed E-state index contributed by atoms with van der Waals surface area (Å²) >= 11 is 0. The van der Waals surface area contributed by atoms with Crippen LogP contribution in [0.2, 0.25) is 0 Å². The predicted octanol–water partition coefficient (Wildman–Crippen LogP) is 3.66. The molecule has 2 atom stereocenters. The Balaban J connectivity index is 0.00000220. The molecule has 0 heterocycles. The van der Waals surface area contributed by atoms with E-state index in [1.54, 1.807) is 0 Å². The molecule has 1 aliphatic rings. The van der Waals surface area contributed by atoms with Gasteiger partial charge in [0.15, 0.2) is 0 Å². The molecule has 0 saturated heterocycles. The normalized spacial score (nSPS) is 20.9. The molecular weight excluding hydrogens is 284 g/mol. The summed E-state index contributed by atoms with van der Waals surface area (Å²) in [7, 11) is 0. The summed E-state index contributed by atoms with van der Waals surface area (Å²) in [5.41, 5.74) is 7.37. The van der Waals surface area contributed by atoms with Crippen molar-refractivity contribution in [3.05, 3.63) is 35.4 Å². The minimum absolute atomic E-state index is 0. The fourth-order valence-corrected chi connectivity index (χ4v) is 3.08. The maximum Gasteiger partial charge on any atom is 0.251 e. The van der Waals surface area contributed by atoms with Gasteiger partial charge in [-0.25, -0.2) is 0 Å². The van der Waals surface area contributed by atoms with E-state index >= 15 is 0 Å². The zero-order valence-corrected chi connectivity index (χ0v) is 13.6. The average molecular weight is 311 g/mol. The van der Waals surface area contributed by atoms with Crippen LogP contribution in [0, 0.1) is 5.92 Å². The molecule has 1 amide bonds. The predicted molar refractivity (Wildman–Crippen MR) is 89.7 cm³/mol. The second-order valence-corrected chi connectivity index (χ2v) is 5.81. The second kappa shape index (κ2) is 9.06. The highest BCUT2D eigenvalue weighted by Crippen LogP contribution is 2.30. The first-order chi connectivity index (χ1) is 9.74. The Morgan fingerprint density at radius 3 is 2.62 bits per heavy atom. The van der Waals surface area contributed by atoms with E-state index < -0.39 is 0 Å². The van der Waals surface area contributed by atoms with Gasteiger partial charge in [-0.3, -0.25) is 4.79 Å². The van der Waals surface area contributed by atoms with Crippen LogP contribution in [0.1, 0.15) is 61.4 Å². The minimum Gasteiger partial charge on any atom is -0.349 e. The number of unbranched alkanes of at least 4 members (excludes halogenated alkanes) is 1. The highest BCUT2D eigenvalue weighted by atomic mass is 35.5. The molecule has 118 valence electrons. The van der Waals surface area contributed by atoms with Crippen LogP contribution in [-0.4, -0.2) is 11.9 Å². The van der Waals surface area contributed by atoms with Crippen LogP contribution in [0.25, 0.3) is 0 Å². The Hall–Kier alpha value is -1.06. The van der Waals surface area contributed by atoms with Crippen LogP contribution in [-0.2, 0) is 6.54 Å². The molecule has 0 radical (unpaired) electrons. The highest BCUT2D eigenvalue weighted by molar-refractivity contribution is 5.94. The van der Waals surface area contributed by atoms with Crippen molar-refractivity contribution in [1.29, 1.82) is 0 Å². The molecule has 4 heteroatoms. The summed E-state index contributed by atoms with van der Waals surface area (Å²) < 4.78 is 0. The number of amides is 1. The average Bonchev–Trinajstić information content (AvgIpc) is 2.92. The number of hydrogen-bond donors (Lipinski definition) is 2. The quantitative estimate of drug-likeness (QED) is 0.842. The van der Waals surface area contributed by atoms with E-state index in [0.717, 1.165) is 17.5 Å². The Morgan fingerprint density at radius 1 is 1.29 bits per heavy atom. The van der Waals surface area contributed by atoms with E-state index in [4.69, 9.17) is 5.73 Å². The lowest BCUT2D eigenvalue weighted by molar-refractivity contribution is 0.0926. The van der Waals surface area contributed by atoms with Crippen LogP contribution in [0.3, 0.4) is 0 Å². The molecule has 2 unspecified atom stereocenters. The number of nitrogens with two attached hydrogens (primary N) is 1. The number of halogens is 1. The maximum absolute atomic E-state index is 12.3. The van der Waals surface area contributed by atoms with Gasteiger partial charge >= 0.3 is 0 Å². The molecule has 0 aliphatic heterocycles. The van der Waals surface area contributed by atoms with Crippen molar-refractivity contribution in [2.45, 2.75) is 58.0 Å². The lowest BCUT2D eigenvalue weighted by Gasteiger charge is -2.21. The molecular formula is C17H27ClN2O. The fraction of sp³-hybridized carbons (Fsp3) is 0.588. The van der Waals surface area contributed by atoms with Gasteiger partial charge in [-0.2, -0.15) is 0 Å². The van der Waals surface area contributed by atoms with E-state index in [1.807, 2.05) is 24.3 Å². The van der Waals surface area contributed by atoms with E-state index in [1.165, 1.54) is 32.1 Å². The van der Waals surface area contributed by atoms with E-state index in [0.29, 0.717) is 18.5 Å². The van der Waals surface area contributed by atoms with Gasteiger partial charge in [0.2, 0.25) is 0 Å². The first-order valence-electron chi connectivity index (χ1n) is 7.84. The van der Waals surface area contributed by atoms with E-state index in [2.05, 4.69) is 12.2 Å². The molecule has 3 N–H and O–H groups in total. The molecule has 1 aromatic carbocycles. The molecule has 1 aliphatic carbocycles. The van der Waals surface area contributed by atoms with Crippen molar-refractivity contribution < 1.29 is 4.79 Å². The molecule has 0 bridgehead atoms. The number of hydrogen-bond acceptors (Lipinski definition) is 2. The summed E-state index contributed by atoms with van der Waals surface area (Å²) in [6.45, 7) is 2.74. The topological polar surface area (TPSA) is 55.1 Å². The number of benzene rings is 1. The fourth-order valence-electron chi connectivity index (χ4n) is 3.08. The van der Waals surface area contributed by atoms with Gasteiger partial charge < -0.3 is 11.1 Å². The van der Waals surface area contributed by atoms with Crippen LogP contribution < -0.4 is 11.1 Å². The van der Waals surface area contributed by atoms with Crippen molar-refractivity contribution in [3.63, 3.8) is 0 Å². The Morgan fingerprint density at radius 2 is 2.00 bits per heavy atom. The van der Waals surface area contributed by atoms with Gasteiger partial charge in [0.05, 0.1) is 0 Å². The number of carbonyl (C=O) groups is 1. The lowest BCUT2D eigenvalue weighted by atomic mass is 9.96. The third-order valence-corrected chi connectivity index (χ3v) is 4.36. The maximum atomic E-state index is 12.3. The van der Waals surface area contributed by atoms with E-state index in [-0.39, 0.29) is 18.3 Å². The molecule has 2 rings (SSSR count). The zero-order valence-electron chi connectivity index (χ0n) is 12.8. The standard InChI is InChI=1S/C17H26N2O.ClH/c1-2-3-5-14-6-4-7-16(14)19-17(20)15-10-8-13(12-18)9-11-15;/h8-11,14,16H,2-7,12,18H2,1H3,(H,19,20);1H. The third kappa shape index (κ3) is 5.01. The largest absolute Gasteiger partial charge is 0.349 e. The Kier molecular flexibility index (Phi) is 7.76. The summed E-state index contributed by atoms with van der Waals surface area (Å²) in [5.74, 6) is 0.726. The number of rotatable bonds is 6. The summed E-state index contributed by atoms with van der Waals surface area (Å²) in [4.78, 5) is 12.3. The van der Waals surface area contributed by atoms with Crippen LogP contribution >= 0.6 is 12.4 Å². The van der Waals surface area contributed by atoms with Gasteiger partial charge in [-0.15, -0.1) is 12.4 Å². The Bertz CT molecular complexity index is 433. The molecule has 0 spiro atoms. The molecule has 3 nitrogen and oxygen atoms in total. The minimum atomic E-state index is 0. The van der Waals surface area contributed by atoms with Gasteiger partial charge in [-0.05, 0) is 42.9 Å². The van der Waals surface area contributed by atoms with Crippen molar-refractivity contribution in [2.75, 3.05) is 0 Å². The van der Waals surface area contributed by atoms with Crippen molar-refractivity contribution in [1.82, 2.24) is 5.32 Å². The first-order valence-corrected chi connectivity index (χ1v) is 7.84. The van der Waals surface area contributed by atoms with Crippen molar-refractivity contribution in [3.8, 4) is 0 Å². The number of nitrogens with one attached hydrogen (secondary N) is 1. The van der Waals surface area contributed by atoms with Gasteiger partial charge in [0.25, 0.3) is 5.91 Å². The smallest absolute Gasteiger partial charge is 0.251 e. The first kappa shape index (κ1) is 18.0. The zero-order chi connectivity index (χ0) is 14.4. The molecule has 1 fully saturated rings. The number of carbonyl (C=O) groups excluding carboxylic acids is 1. The third-order valence-electron chi connectivity index (χ3n) is 4.36. The molecule has 21 heavy (non-hydrogen) atoms. The van der Waals surface area contributed by atoms with E-state index in [9.17, 15) is 4.79 Å². The highest BCUT2D eigenvalue weighted by Gasteiger charge is 2.28. The summed E-state index contributed by atoms with van der Waals surface area (Å²) in [6.07, 6.45) is 7.37. The molecule has 1 saturated carbocycles. The van der Waals surface area contributed by atoms with Gasteiger partial charge in [-0.1, -0.05) is 38.3 Å². The van der Waals surface area contributed by atoms with Gasteiger partial charge in [0.1, 0.15) is 0 Å². The van der Waals surface area contributed by atoms with Gasteiger partial charge in [0, 0.05) is 18.2 Å². The van der Waals surface area contributed by atoms with Crippen LogP contribution in [0.15, 0.2) is 24.3 Å². The Labute approximate surface area is 134 Å².